The number of ether oxygens (including phenoxy) is 1. The minimum Gasteiger partial charge on any atom is -0.493 e. The summed E-state index contributed by atoms with van der Waals surface area (Å²) in [5, 5.41) is 0. The molecule has 0 saturated heterocycles. The van der Waals surface area contributed by atoms with E-state index in [4.69, 9.17) is 14.7 Å². The molecule has 1 amide bonds. The Hall–Kier alpha value is -2.80. The second-order valence-electron chi connectivity index (χ2n) is 4.84. The van der Waals surface area contributed by atoms with Gasteiger partial charge in [0.05, 0.1) is 7.11 Å². The van der Waals surface area contributed by atoms with Gasteiger partial charge in [-0.1, -0.05) is 18.2 Å². The van der Waals surface area contributed by atoms with Crippen LogP contribution in [0.5, 0.6) is 11.5 Å². The quantitative estimate of drug-likeness (QED) is 0.810. The third-order valence-corrected chi connectivity index (χ3v) is 4.42. The third-order valence-electron chi connectivity index (χ3n) is 3.17. The number of hydrogen-bond acceptors (Lipinski definition) is 5. The zero-order valence-electron chi connectivity index (χ0n) is 13.2. The Kier molecular flexibility index (Phi) is 5.25. The van der Waals surface area contributed by atoms with Gasteiger partial charge in [-0.15, -0.1) is 0 Å². The van der Waals surface area contributed by atoms with E-state index in [1.54, 1.807) is 12.1 Å². The average Bonchev–Trinajstić information content (AvgIpc) is 2.56. The van der Waals surface area contributed by atoms with Gasteiger partial charge in [0.2, 0.25) is 5.91 Å². The number of carbonyl (C=O) groups is 1. The number of hydrogen-bond donors (Lipinski definition) is 1. The summed E-state index contributed by atoms with van der Waals surface area (Å²) in [4.78, 5) is 11.0. The number of carbonyl (C=O) groups excluding carboxylic acids is 1. The van der Waals surface area contributed by atoms with E-state index in [0.717, 1.165) is 5.56 Å². The van der Waals surface area contributed by atoms with Crippen molar-refractivity contribution in [2.75, 3.05) is 7.11 Å². The minimum absolute atomic E-state index is 0.0738. The molecule has 0 atom stereocenters. The molecule has 2 N–H and O–H groups in total. The molecule has 6 nitrogen and oxygen atoms in total. The molecular formula is C17H17NO5S. The predicted molar refractivity (Wildman–Crippen MR) is 90.5 cm³/mol. The Morgan fingerprint density at radius 1 is 1.08 bits per heavy atom. The highest BCUT2D eigenvalue weighted by Crippen LogP contribution is 2.31. The van der Waals surface area contributed by atoms with Gasteiger partial charge < -0.3 is 14.7 Å². The standard InChI is InChI=1S/C17H17NO5S/c1-3-4-12-5-10-15(16(11-12)22-2)23-24(20,21)14-8-6-13(7-9-14)17(18)19/h3-11H,1-2H3,(H2,18,19)/b4-3+. The topological polar surface area (TPSA) is 95.7 Å². The van der Waals surface area contributed by atoms with Crippen LogP contribution in [0.4, 0.5) is 0 Å². The fraction of sp³-hybridized carbons (Fsp3) is 0.118. The lowest BCUT2D eigenvalue weighted by Crippen LogP contribution is -2.13. The Labute approximate surface area is 140 Å². The van der Waals surface area contributed by atoms with E-state index < -0.39 is 16.0 Å². The summed E-state index contributed by atoms with van der Waals surface area (Å²) in [6, 6.07) is 10.1. The number of primary amides is 1. The summed E-state index contributed by atoms with van der Waals surface area (Å²) in [6.45, 7) is 1.87. The number of nitrogens with two attached hydrogens (primary N) is 1. The van der Waals surface area contributed by atoms with Crippen molar-refractivity contribution < 1.29 is 22.1 Å². The summed E-state index contributed by atoms with van der Waals surface area (Å²) < 4.78 is 35.0. The van der Waals surface area contributed by atoms with Crippen LogP contribution in [0.2, 0.25) is 0 Å². The molecule has 0 saturated carbocycles. The summed E-state index contributed by atoms with van der Waals surface area (Å²) in [6.07, 6.45) is 3.70. The van der Waals surface area contributed by atoms with Crippen LogP contribution in [0.1, 0.15) is 22.8 Å². The monoisotopic (exact) mass is 347 g/mol. The van der Waals surface area contributed by atoms with Gasteiger partial charge in [-0.2, -0.15) is 8.42 Å². The van der Waals surface area contributed by atoms with Crippen molar-refractivity contribution in [1.82, 2.24) is 0 Å². The zero-order valence-corrected chi connectivity index (χ0v) is 14.0. The van der Waals surface area contributed by atoms with E-state index in [9.17, 15) is 13.2 Å². The van der Waals surface area contributed by atoms with E-state index in [1.807, 2.05) is 19.1 Å². The van der Waals surface area contributed by atoms with Crippen LogP contribution >= 0.6 is 0 Å². The number of benzene rings is 2. The van der Waals surface area contributed by atoms with Gasteiger partial charge in [0.25, 0.3) is 0 Å². The molecule has 0 aromatic heterocycles. The molecule has 0 heterocycles. The van der Waals surface area contributed by atoms with Crippen molar-refractivity contribution in [3.63, 3.8) is 0 Å². The second kappa shape index (κ2) is 7.18. The molecule has 126 valence electrons. The molecule has 0 radical (unpaired) electrons. The van der Waals surface area contributed by atoms with Crippen molar-refractivity contribution >= 4 is 22.1 Å². The second-order valence-corrected chi connectivity index (χ2v) is 6.38. The Morgan fingerprint density at radius 3 is 2.29 bits per heavy atom. The van der Waals surface area contributed by atoms with Crippen LogP contribution < -0.4 is 14.7 Å². The van der Waals surface area contributed by atoms with Crippen molar-refractivity contribution in [2.24, 2.45) is 5.73 Å². The highest BCUT2D eigenvalue weighted by molar-refractivity contribution is 7.87. The van der Waals surface area contributed by atoms with E-state index >= 15 is 0 Å². The normalized spacial score (nSPS) is 11.4. The van der Waals surface area contributed by atoms with E-state index in [0.29, 0.717) is 5.75 Å². The maximum Gasteiger partial charge on any atom is 0.339 e. The molecule has 0 aliphatic carbocycles. The van der Waals surface area contributed by atoms with Gasteiger partial charge in [-0.05, 0) is 48.9 Å². The smallest absolute Gasteiger partial charge is 0.339 e. The van der Waals surface area contributed by atoms with Gasteiger partial charge in [-0.3, -0.25) is 4.79 Å². The maximum absolute atomic E-state index is 12.4. The lowest BCUT2D eigenvalue weighted by Gasteiger charge is -2.11. The lowest BCUT2D eigenvalue weighted by molar-refractivity contribution is 0.1000. The lowest BCUT2D eigenvalue weighted by atomic mass is 10.2. The van der Waals surface area contributed by atoms with Crippen LogP contribution in [0, 0.1) is 0 Å². The Bertz CT molecular complexity index is 870. The Morgan fingerprint density at radius 2 is 1.75 bits per heavy atom. The first kappa shape index (κ1) is 17.6. The molecule has 0 bridgehead atoms. The van der Waals surface area contributed by atoms with Crippen molar-refractivity contribution in [1.29, 1.82) is 0 Å². The van der Waals surface area contributed by atoms with Crippen LogP contribution in [0.15, 0.2) is 53.4 Å². The van der Waals surface area contributed by atoms with Gasteiger partial charge in [0, 0.05) is 5.56 Å². The molecule has 24 heavy (non-hydrogen) atoms. The fourth-order valence-corrected chi connectivity index (χ4v) is 2.94. The molecule has 2 rings (SSSR count). The first-order valence-corrected chi connectivity index (χ1v) is 8.43. The summed E-state index contributed by atoms with van der Waals surface area (Å²) in [7, 11) is -2.64. The molecule has 0 fully saturated rings. The van der Waals surface area contributed by atoms with Crippen molar-refractivity contribution in [2.45, 2.75) is 11.8 Å². The first-order valence-electron chi connectivity index (χ1n) is 7.02. The van der Waals surface area contributed by atoms with Crippen LogP contribution in [0.3, 0.4) is 0 Å². The van der Waals surface area contributed by atoms with E-state index in [2.05, 4.69) is 0 Å². The highest BCUT2D eigenvalue weighted by Gasteiger charge is 2.19. The Balaban J connectivity index is 2.33. The summed E-state index contributed by atoms with van der Waals surface area (Å²) >= 11 is 0. The number of allylic oxidation sites excluding steroid dienone is 1. The minimum atomic E-state index is -4.06. The zero-order chi connectivity index (χ0) is 17.7. The van der Waals surface area contributed by atoms with Crippen LogP contribution in [-0.4, -0.2) is 21.4 Å². The first-order chi connectivity index (χ1) is 11.4. The van der Waals surface area contributed by atoms with Crippen LogP contribution in [0.25, 0.3) is 6.08 Å². The number of rotatable bonds is 6. The number of amides is 1. The SMILES string of the molecule is C/C=C/c1ccc(OS(=O)(=O)c2ccc(C(N)=O)cc2)c(OC)c1. The molecule has 0 unspecified atom stereocenters. The van der Waals surface area contributed by atoms with Gasteiger partial charge >= 0.3 is 10.1 Å². The van der Waals surface area contributed by atoms with Gasteiger partial charge in [0.15, 0.2) is 11.5 Å². The van der Waals surface area contributed by atoms with E-state index in [1.165, 1.54) is 37.4 Å². The summed E-state index contributed by atoms with van der Waals surface area (Å²) in [5.74, 6) is -0.270. The molecule has 2 aromatic rings. The van der Waals surface area contributed by atoms with E-state index in [-0.39, 0.29) is 16.2 Å². The largest absolute Gasteiger partial charge is 0.493 e. The van der Waals surface area contributed by atoms with Gasteiger partial charge in [-0.25, -0.2) is 0 Å². The highest BCUT2D eigenvalue weighted by atomic mass is 32.2. The molecular weight excluding hydrogens is 330 g/mol. The third kappa shape index (κ3) is 3.94. The average molecular weight is 347 g/mol. The maximum atomic E-state index is 12.4. The fourth-order valence-electron chi connectivity index (χ4n) is 2.00. The van der Waals surface area contributed by atoms with Crippen molar-refractivity contribution in [3.05, 3.63) is 59.7 Å². The number of methoxy groups -OCH3 is 1. The molecule has 0 aliphatic heterocycles. The van der Waals surface area contributed by atoms with Gasteiger partial charge in [0.1, 0.15) is 4.90 Å². The van der Waals surface area contributed by atoms with Crippen molar-refractivity contribution in [3.8, 4) is 11.5 Å². The summed E-state index contributed by atoms with van der Waals surface area (Å²) in [5.41, 5.74) is 6.19. The molecule has 0 aliphatic rings. The molecule has 0 spiro atoms. The predicted octanol–water partition coefficient (Wildman–Crippen LogP) is 2.59. The molecule has 7 heteroatoms. The van der Waals surface area contributed by atoms with Crippen LogP contribution in [-0.2, 0) is 10.1 Å². The molecule has 2 aromatic carbocycles.